The van der Waals surface area contributed by atoms with E-state index in [0.717, 1.165) is 11.1 Å². The van der Waals surface area contributed by atoms with Crippen molar-refractivity contribution in [3.63, 3.8) is 0 Å². The first-order valence-corrected chi connectivity index (χ1v) is 10.2. The van der Waals surface area contributed by atoms with Crippen molar-refractivity contribution in [2.45, 2.75) is 37.2 Å². The molecule has 1 aliphatic rings. The van der Waals surface area contributed by atoms with Gasteiger partial charge in [0.15, 0.2) is 0 Å². The van der Waals surface area contributed by atoms with E-state index in [1.54, 1.807) is 30.3 Å². The number of halogens is 1. The minimum Gasteiger partial charge on any atom is -0.466 e. The topological polar surface area (TPSA) is 59.5 Å². The van der Waals surface area contributed by atoms with E-state index in [9.17, 15) is 12.8 Å². The zero-order valence-electron chi connectivity index (χ0n) is 15.5. The Bertz CT molecular complexity index is 934. The van der Waals surface area contributed by atoms with Gasteiger partial charge in [0, 0.05) is 32.0 Å². The molecule has 1 aromatic heterocycles. The highest BCUT2D eigenvalue weighted by Gasteiger charge is 2.41. The third-order valence-electron chi connectivity index (χ3n) is 4.96. The van der Waals surface area contributed by atoms with Gasteiger partial charge in [-0.3, -0.25) is 0 Å². The number of aromatic nitrogens is 1. The Morgan fingerprint density at radius 2 is 1.81 bits per heavy atom. The second kappa shape index (κ2) is 7.40. The second-order valence-corrected chi connectivity index (χ2v) is 8.83. The highest BCUT2D eigenvalue weighted by Crippen LogP contribution is 2.35. The standard InChI is InChI=1S/C20H23FN2O3S/c1-15(2)20(26-19-6-4-5-18(21)22-19)11-13-23(14-12-20)27(24,25)17-9-7-16(3)8-10-17/h4-10H,1,11-14H2,2-3H3. The summed E-state index contributed by atoms with van der Waals surface area (Å²) < 4.78 is 46.6. The van der Waals surface area contributed by atoms with Crippen LogP contribution in [0, 0.1) is 12.9 Å². The first kappa shape index (κ1) is 19.5. The van der Waals surface area contributed by atoms with E-state index in [0.29, 0.717) is 25.9 Å². The first-order valence-electron chi connectivity index (χ1n) is 8.77. The number of hydrogen-bond acceptors (Lipinski definition) is 4. The lowest BCUT2D eigenvalue weighted by Gasteiger charge is -2.41. The van der Waals surface area contributed by atoms with Crippen LogP contribution in [0.15, 0.2) is 59.5 Å². The van der Waals surface area contributed by atoms with Crippen molar-refractivity contribution in [2.75, 3.05) is 13.1 Å². The number of benzene rings is 1. The molecule has 2 heterocycles. The zero-order valence-corrected chi connectivity index (χ0v) is 16.3. The van der Waals surface area contributed by atoms with E-state index < -0.39 is 21.6 Å². The van der Waals surface area contributed by atoms with Crippen LogP contribution >= 0.6 is 0 Å². The number of hydrogen-bond donors (Lipinski definition) is 0. The van der Waals surface area contributed by atoms with Gasteiger partial charge in [0.2, 0.25) is 21.9 Å². The third kappa shape index (κ3) is 4.04. The van der Waals surface area contributed by atoms with Crippen LogP contribution in [0.3, 0.4) is 0 Å². The minimum atomic E-state index is -3.56. The Hall–Kier alpha value is -2.25. The summed E-state index contributed by atoms with van der Waals surface area (Å²) in [5.41, 5.74) is 1.01. The Kier molecular flexibility index (Phi) is 5.35. The van der Waals surface area contributed by atoms with Gasteiger partial charge in [-0.1, -0.05) is 30.3 Å². The van der Waals surface area contributed by atoms with Crippen molar-refractivity contribution in [3.8, 4) is 5.88 Å². The van der Waals surface area contributed by atoms with Crippen molar-refractivity contribution in [1.82, 2.24) is 9.29 Å². The van der Waals surface area contributed by atoms with Crippen LogP contribution in [0.5, 0.6) is 5.88 Å². The van der Waals surface area contributed by atoms with Crippen molar-refractivity contribution in [1.29, 1.82) is 0 Å². The van der Waals surface area contributed by atoms with Gasteiger partial charge in [0.05, 0.1) is 4.90 Å². The van der Waals surface area contributed by atoms with E-state index in [2.05, 4.69) is 11.6 Å². The molecule has 0 N–H and O–H groups in total. The summed E-state index contributed by atoms with van der Waals surface area (Å²) in [5, 5.41) is 0. The number of ether oxygens (including phenoxy) is 1. The predicted molar refractivity (Wildman–Crippen MR) is 102 cm³/mol. The fraction of sp³-hybridized carbons (Fsp3) is 0.350. The normalized spacial score (nSPS) is 17.4. The van der Waals surface area contributed by atoms with Gasteiger partial charge in [-0.15, -0.1) is 0 Å². The van der Waals surface area contributed by atoms with Gasteiger partial charge < -0.3 is 4.74 Å². The summed E-state index contributed by atoms with van der Waals surface area (Å²) in [4.78, 5) is 4.04. The molecule has 0 amide bonds. The molecule has 144 valence electrons. The molecule has 0 saturated carbocycles. The smallest absolute Gasteiger partial charge is 0.243 e. The SMILES string of the molecule is C=C(C)C1(Oc2cccc(F)n2)CCN(S(=O)(=O)c2ccc(C)cc2)CC1. The van der Waals surface area contributed by atoms with Gasteiger partial charge in [0.1, 0.15) is 5.60 Å². The van der Waals surface area contributed by atoms with Gasteiger partial charge in [0.25, 0.3) is 0 Å². The van der Waals surface area contributed by atoms with Crippen LogP contribution in [-0.4, -0.2) is 36.4 Å². The Morgan fingerprint density at radius 1 is 1.19 bits per heavy atom. The molecule has 2 aromatic rings. The summed E-state index contributed by atoms with van der Waals surface area (Å²) in [6.45, 7) is 8.34. The molecular weight excluding hydrogens is 367 g/mol. The number of aryl methyl sites for hydroxylation is 1. The summed E-state index contributed by atoms with van der Waals surface area (Å²) in [7, 11) is -3.56. The fourth-order valence-electron chi connectivity index (χ4n) is 3.21. The van der Waals surface area contributed by atoms with Gasteiger partial charge in [-0.2, -0.15) is 13.7 Å². The molecule has 3 rings (SSSR count). The maximum absolute atomic E-state index is 13.4. The first-order chi connectivity index (χ1) is 12.7. The Balaban J connectivity index is 1.78. The zero-order chi connectivity index (χ0) is 19.7. The van der Waals surface area contributed by atoms with E-state index >= 15 is 0 Å². The van der Waals surface area contributed by atoms with Crippen molar-refractivity contribution in [2.24, 2.45) is 0 Å². The number of piperidine rings is 1. The molecule has 0 radical (unpaired) electrons. The average molecular weight is 390 g/mol. The monoisotopic (exact) mass is 390 g/mol. The molecule has 1 saturated heterocycles. The van der Waals surface area contributed by atoms with Crippen LogP contribution in [0.25, 0.3) is 0 Å². The number of sulfonamides is 1. The van der Waals surface area contributed by atoms with Crippen molar-refractivity contribution < 1.29 is 17.5 Å². The minimum absolute atomic E-state index is 0.174. The second-order valence-electron chi connectivity index (χ2n) is 6.89. The molecule has 27 heavy (non-hydrogen) atoms. The molecular formula is C20H23FN2O3S. The van der Waals surface area contributed by atoms with Crippen LogP contribution in [-0.2, 0) is 10.0 Å². The molecule has 1 aliphatic heterocycles. The van der Waals surface area contributed by atoms with Gasteiger partial charge in [-0.05, 0) is 37.6 Å². The van der Waals surface area contributed by atoms with E-state index in [4.69, 9.17) is 4.74 Å². The maximum Gasteiger partial charge on any atom is 0.243 e. The molecule has 1 fully saturated rings. The molecule has 7 heteroatoms. The predicted octanol–water partition coefficient (Wildman–Crippen LogP) is 3.71. The summed E-state index contributed by atoms with van der Waals surface area (Å²) in [5.74, 6) is -0.448. The molecule has 0 atom stereocenters. The molecule has 0 unspecified atom stereocenters. The quantitative estimate of drug-likeness (QED) is 0.577. The van der Waals surface area contributed by atoms with Gasteiger partial charge >= 0.3 is 0 Å². The van der Waals surface area contributed by atoms with E-state index in [1.165, 1.54) is 16.4 Å². The van der Waals surface area contributed by atoms with E-state index in [1.807, 2.05) is 13.8 Å². The Morgan fingerprint density at radius 3 is 2.37 bits per heavy atom. The molecule has 1 aromatic carbocycles. The summed E-state index contributed by atoms with van der Waals surface area (Å²) in [6.07, 6.45) is 0.844. The maximum atomic E-state index is 13.4. The summed E-state index contributed by atoms with van der Waals surface area (Å²) >= 11 is 0. The molecule has 0 bridgehead atoms. The fourth-order valence-corrected chi connectivity index (χ4v) is 4.65. The van der Waals surface area contributed by atoms with Crippen LogP contribution in [0.4, 0.5) is 4.39 Å². The third-order valence-corrected chi connectivity index (χ3v) is 6.87. The Labute approximate surface area is 159 Å². The lowest BCUT2D eigenvalue weighted by molar-refractivity contribution is 0.0484. The number of nitrogens with zero attached hydrogens (tertiary/aromatic N) is 2. The molecule has 0 spiro atoms. The lowest BCUT2D eigenvalue weighted by Crippen LogP contribution is -2.50. The van der Waals surface area contributed by atoms with Crippen LogP contribution in [0.2, 0.25) is 0 Å². The lowest BCUT2D eigenvalue weighted by atomic mass is 9.86. The van der Waals surface area contributed by atoms with E-state index in [-0.39, 0.29) is 10.8 Å². The highest BCUT2D eigenvalue weighted by molar-refractivity contribution is 7.89. The number of rotatable bonds is 5. The number of pyridine rings is 1. The average Bonchev–Trinajstić information content (AvgIpc) is 2.62. The molecule has 0 aliphatic carbocycles. The van der Waals surface area contributed by atoms with Crippen molar-refractivity contribution in [3.05, 3.63) is 66.1 Å². The van der Waals surface area contributed by atoms with Crippen molar-refractivity contribution >= 4 is 10.0 Å². The van der Waals surface area contributed by atoms with Gasteiger partial charge in [-0.25, -0.2) is 8.42 Å². The largest absolute Gasteiger partial charge is 0.466 e. The molecule has 5 nitrogen and oxygen atoms in total. The van der Waals surface area contributed by atoms with Crippen LogP contribution < -0.4 is 4.74 Å². The van der Waals surface area contributed by atoms with Crippen LogP contribution in [0.1, 0.15) is 25.3 Å². The highest BCUT2D eigenvalue weighted by atomic mass is 32.2. The summed E-state index contributed by atoms with van der Waals surface area (Å²) in [6, 6.07) is 11.2.